The molecule has 2 aromatic rings. The van der Waals surface area contributed by atoms with Gasteiger partial charge in [-0.15, -0.1) is 0 Å². The van der Waals surface area contributed by atoms with Crippen LogP contribution in [0.4, 0.5) is 20.2 Å². The Labute approximate surface area is 149 Å². The standard InChI is InChI=1S/C19H18F2N2O3/c1-12-2-6-15(7-3-12)23-11-13(10-17(23)24)18(25)22-14-4-8-16(9-5-14)26-19(20)21/h2-9,13,19H,10-11H2,1H3,(H,22,25)/t13-/m1/s1. The number of carbonyl (C=O) groups excluding carboxylic acids is 2. The molecule has 5 nitrogen and oxygen atoms in total. The predicted molar refractivity (Wildman–Crippen MR) is 93.3 cm³/mol. The Morgan fingerprint density at radius 2 is 1.81 bits per heavy atom. The minimum Gasteiger partial charge on any atom is -0.435 e. The van der Waals surface area contributed by atoms with Crippen LogP contribution in [0.3, 0.4) is 0 Å². The molecule has 0 saturated carbocycles. The van der Waals surface area contributed by atoms with Crippen LogP contribution in [-0.4, -0.2) is 25.0 Å². The predicted octanol–water partition coefficient (Wildman–Crippen LogP) is 3.59. The quantitative estimate of drug-likeness (QED) is 0.887. The molecule has 3 rings (SSSR count). The second-order valence-electron chi connectivity index (χ2n) is 6.13. The monoisotopic (exact) mass is 360 g/mol. The molecule has 1 aliphatic rings. The van der Waals surface area contributed by atoms with Crippen molar-refractivity contribution in [2.45, 2.75) is 20.0 Å². The Bertz CT molecular complexity index is 791. The molecular weight excluding hydrogens is 342 g/mol. The highest BCUT2D eigenvalue weighted by molar-refractivity contribution is 6.03. The van der Waals surface area contributed by atoms with Crippen molar-refractivity contribution in [3.63, 3.8) is 0 Å². The first-order valence-corrected chi connectivity index (χ1v) is 8.15. The van der Waals surface area contributed by atoms with Crippen LogP contribution in [0.25, 0.3) is 0 Å². The molecule has 0 aromatic heterocycles. The lowest BCUT2D eigenvalue weighted by Gasteiger charge is -2.17. The number of ether oxygens (including phenoxy) is 1. The molecule has 1 aliphatic heterocycles. The maximum atomic E-state index is 12.4. The van der Waals surface area contributed by atoms with Crippen LogP contribution in [0.15, 0.2) is 48.5 Å². The molecule has 2 aromatic carbocycles. The maximum absolute atomic E-state index is 12.4. The average molecular weight is 360 g/mol. The van der Waals surface area contributed by atoms with Crippen LogP contribution in [0.5, 0.6) is 5.75 Å². The van der Waals surface area contributed by atoms with E-state index < -0.39 is 12.5 Å². The molecule has 1 N–H and O–H groups in total. The van der Waals surface area contributed by atoms with Gasteiger partial charge in [-0.25, -0.2) is 0 Å². The number of nitrogens with zero attached hydrogens (tertiary/aromatic N) is 1. The molecule has 7 heteroatoms. The summed E-state index contributed by atoms with van der Waals surface area (Å²) in [6.45, 7) is -0.628. The van der Waals surface area contributed by atoms with Crippen molar-refractivity contribution in [2.75, 3.05) is 16.8 Å². The molecule has 1 heterocycles. The SMILES string of the molecule is Cc1ccc(N2C[C@H](C(=O)Nc3ccc(OC(F)F)cc3)CC2=O)cc1. The number of nitrogens with one attached hydrogen (secondary N) is 1. The van der Waals surface area contributed by atoms with Gasteiger partial charge in [0.15, 0.2) is 0 Å². The Morgan fingerprint density at radius 3 is 2.42 bits per heavy atom. The van der Waals surface area contributed by atoms with Crippen molar-refractivity contribution in [3.05, 3.63) is 54.1 Å². The zero-order chi connectivity index (χ0) is 18.7. The molecule has 26 heavy (non-hydrogen) atoms. The number of amides is 2. The average Bonchev–Trinajstić information content (AvgIpc) is 2.99. The first-order chi connectivity index (χ1) is 12.4. The van der Waals surface area contributed by atoms with Crippen LogP contribution in [-0.2, 0) is 9.59 Å². The molecular formula is C19H18F2N2O3. The lowest BCUT2D eigenvalue weighted by molar-refractivity contribution is -0.122. The number of aryl methyl sites for hydroxylation is 1. The minimum absolute atomic E-state index is 0.0135. The van der Waals surface area contributed by atoms with E-state index in [1.807, 2.05) is 31.2 Å². The largest absolute Gasteiger partial charge is 0.435 e. The summed E-state index contributed by atoms with van der Waals surface area (Å²) in [5.74, 6) is -0.842. The topological polar surface area (TPSA) is 58.6 Å². The van der Waals surface area contributed by atoms with Gasteiger partial charge < -0.3 is 15.0 Å². The highest BCUT2D eigenvalue weighted by atomic mass is 19.3. The molecule has 0 radical (unpaired) electrons. The van der Waals surface area contributed by atoms with E-state index in [0.717, 1.165) is 11.3 Å². The first-order valence-electron chi connectivity index (χ1n) is 8.15. The summed E-state index contributed by atoms with van der Waals surface area (Å²) in [5, 5.41) is 2.71. The lowest BCUT2D eigenvalue weighted by atomic mass is 10.1. The van der Waals surface area contributed by atoms with Gasteiger partial charge in [0, 0.05) is 24.3 Å². The number of hydrogen-bond acceptors (Lipinski definition) is 3. The van der Waals surface area contributed by atoms with Crippen molar-refractivity contribution in [2.24, 2.45) is 5.92 Å². The zero-order valence-corrected chi connectivity index (χ0v) is 14.1. The van der Waals surface area contributed by atoms with E-state index in [1.54, 1.807) is 4.90 Å². The van der Waals surface area contributed by atoms with E-state index in [9.17, 15) is 18.4 Å². The van der Waals surface area contributed by atoms with Gasteiger partial charge >= 0.3 is 6.61 Å². The summed E-state index contributed by atoms with van der Waals surface area (Å²) in [6, 6.07) is 13.2. The van der Waals surface area contributed by atoms with E-state index in [2.05, 4.69) is 10.1 Å². The van der Waals surface area contributed by atoms with Crippen molar-refractivity contribution >= 4 is 23.2 Å². The van der Waals surface area contributed by atoms with Gasteiger partial charge in [-0.2, -0.15) is 8.78 Å². The maximum Gasteiger partial charge on any atom is 0.387 e. The smallest absolute Gasteiger partial charge is 0.387 e. The molecule has 0 aliphatic carbocycles. The van der Waals surface area contributed by atoms with E-state index >= 15 is 0 Å². The van der Waals surface area contributed by atoms with Crippen molar-refractivity contribution in [3.8, 4) is 5.75 Å². The Kier molecular flexibility index (Phi) is 5.16. The number of alkyl halides is 2. The van der Waals surface area contributed by atoms with Crippen LogP contribution < -0.4 is 15.0 Å². The van der Waals surface area contributed by atoms with Gasteiger partial charge in [-0.1, -0.05) is 17.7 Å². The third kappa shape index (κ3) is 4.17. The molecule has 1 fully saturated rings. The summed E-state index contributed by atoms with van der Waals surface area (Å²) in [4.78, 5) is 26.2. The van der Waals surface area contributed by atoms with Gasteiger partial charge in [0.1, 0.15) is 5.75 Å². The van der Waals surface area contributed by atoms with E-state index in [0.29, 0.717) is 12.2 Å². The third-order valence-electron chi connectivity index (χ3n) is 4.19. The number of hydrogen-bond donors (Lipinski definition) is 1. The first kappa shape index (κ1) is 17.8. The van der Waals surface area contributed by atoms with Gasteiger partial charge in [-0.3, -0.25) is 9.59 Å². The lowest BCUT2D eigenvalue weighted by Crippen LogP contribution is -2.28. The highest BCUT2D eigenvalue weighted by Crippen LogP contribution is 2.26. The van der Waals surface area contributed by atoms with Crippen LogP contribution in [0.1, 0.15) is 12.0 Å². The van der Waals surface area contributed by atoms with Crippen LogP contribution in [0.2, 0.25) is 0 Å². The Balaban J connectivity index is 1.62. The fourth-order valence-corrected chi connectivity index (χ4v) is 2.82. The highest BCUT2D eigenvalue weighted by Gasteiger charge is 2.35. The van der Waals surface area contributed by atoms with E-state index in [-0.39, 0.29) is 24.0 Å². The zero-order valence-electron chi connectivity index (χ0n) is 14.1. The molecule has 0 spiro atoms. The number of rotatable bonds is 5. The number of benzene rings is 2. The van der Waals surface area contributed by atoms with Gasteiger partial charge in [0.25, 0.3) is 0 Å². The Hall–Kier alpha value is -2.96. The van der Waals surface area contributed by atoms with Crippen molar-refractivity contribution in [1.29, 1.82) is 0 Å². The normalized spacial score (nSPS) is 16.8. The van der Waals surface area contributed by atoms with E-state index in [1.165, 1.54) is 24.3 Å². The van der Waals surface area contributed by atoms with Gasteiger partial charge in [0.2, 0.25) is 11.8 Å². The van der Waals surface area contributed by atoms with Gasteiger partial charge in [-0.05, 0) is 43.3 Å². The second-order valence-corrected chi connectivity index (χ2v) is 6.13. The molecule has 0 unspecified atom stereocenters. The Morgan fingerprint density at radius 1 is 1.15 bits per heavy atom. The minimum atomic E-state index is -2.90. The number of carbonyl (C=O) groups is 2. The molecule has 0 bridgehead atoms. The summed E-state index contributed by atoms with van der Waals surface area (Å²) in [6.07, 6.45) is 0.131. The summed E-state index contributed by atoms with van der Waals surface area (Å²) >= 11 is 0. The fraction of sp³-hybridized carbons (Fsp3) is 0.263. The van der Waals surface area contributed by atoms with Crippen LogP contribution in [0, 0.1) is 12.8 Å². The number of halogens is 2. The van der Waals surface area contributed by atoms with Crippen molar-refractivity contribution in [1.82, 2.24) is 0 Å². The van der Waals surface area contributed by atoms with Gasteiger partial charge in [0.05, 0.1) is 5.92 Å². The molecule has 1 saturated heterocycles. The molecule has 1 atom stereocenters. The van der Waals surface area contributed by atoms with E-state index in [4.69, 9.17) is 0 Å². The van der Waals surface area contributed by atoms with Crippen molar-refractivity contribution < 1.29 is 23.1 Å². The molecule has 136 valence electrons. The summed E-state index contributed by atoms with van der Waals surface area (Å²) in [5.41, 5.74) is 2.32. The van der Waals surface area contributed by atoms with Crippen LogP contribution >= 0.6 is 0 Å². The summed E-state index contributed by atoms with van der Waals surface area (Å²) in [7, 11) is 0. The third-order valence-corrected chi connectivity index (χ3v) is 4.19. The summed E-state index contributed by atoms with van der Waals surface area (Å²) < 4.78 is 28.5. The molecule has 2 amide bonds. The number of anilines is 2. The second kappa shape index (κ2) is 7.51. The fourth-order valence-electron chi connectivity index (χ4n) is 2.82.